The molecule has 1 atom stereocenters. The number of hydrogen-bond donors (Lipinski definition) is 1. The van der Waals surface area contributed by atoms with Crippen molar-refractivity contribution in [1.82, 2.24) is 4.98 Å². The van der Waals surface area contributed by atoms with E-state index in [0.717, 1.165) is 35.3 Å². The first-order valence-corrected chi connectivity index (χ1v) is 7.60. The van der Waals surface area contributed by atoms with Crippen LogP contribution in [-0.4, -0.2) is 24.1 Å². The first-order chi connectivity index (χ1) is 10.7. The Morgan fingerprint density at radius 2 is 2.27 bits per heavy atom. The lowest BCUT2D eigenvalue weighted by atomic mass is 10.0. The quantitative estimate of drug-likeness (QED) is 0.943. The number of aryl methyl sites for hydroxylation is 1. The number of aromatic nitrogens is 1. The topological polar surface area (TPSA) is 51.2 Å². The van der Waals surface area contributed by atoms with Gasteiger partial charge < -0.3 is 10.1 Å². The molecular formula is C18H20N2O2. The minimum atomic E-state index is -0.0288. The number of carbonyl (C=O) groups is 1. The predicted molar refractivity (Wildman–Crippen MR) is 85.8 cm³/mol. The Morgan fingerprint density at radius 3 is 3.00 bits per heavy atom. The number of hydrogen-bond acceptors (Lipinski definition) is 3. The zero-order chi connectivity index (χ0) is 15.4. The van der Waals surface area contributed by atoms with Crippen LogP contribution in [0.25, 0.3) is 0 Å². The van der Waals surface area contributed by atoms with Crippen molar-refractivity contribution in [2.45, 2.75) is 19.8 Å². The average Bonchev–Trinajstić information content (AvgIpc) is 3.06. The summed E-state index contributed by atoms with van der Waals surface area (Å²) in [5, 5.41) is 3.04. The lowest BCUT2D eigenvalue weighted by molar-refractivity contribution is -0.119. The van der Waals surface area contributed by atoms with Gasteiger partial charge in [-0.15, -0.1) is 0 Å². The second-order valence-electron chi connectivity index (χ2n) is 5.70. The number of nitrogens with zero attached hydrogens (tertiary/aromatic N) is 1. The summed E-state index contributed by atoms with van der Waals surface area (Å²) in [6.07, 6.45) is 3.36. The van der Waals surface area contributed by atoms with E-state index in [-0.39, 0.29) is 11.8 Å². The van der Waals surface area contributed by atoms with Crippen LogP contribution in [-0.2, 0) is 16.0 Å². The Kier molecular flexibility index (Phi) is 4.49. The molecule has 1 aliphatic heterocycles. The van der Waals surface area contributed by atoms with Crippen LogP contribution in [0.5, 0.6) is 0 Å². The van der Waals surface area contributed by atoms with Crippen molar-refractivity contribution < 1.29 is 9.53 Å². The van der Waals surface area contributed by atoms with Crippen LogP contribution < -0.4 is 5.32 Å². The Hall–Kier alpha value is -2.20. The summed E-state index contributed by atoms with van der Waals surface area (Å²) in [5.41, 5.74) is 4.11. The number of amides is 1. The molecule has 3 rings (SSSR count). The van der Waals surface area contributed by atoms with Crippen molar-refractivity contribution >= 4 is 11.6 Å². The molecule has 1 aliphatic rings. The summed E-state index contributed by atoms with van der Waals surface area (Å²) in [4.78, 5) is 16.6. The molecule has 1 aromatic carbocycles. The van der Waals surface area contributed by atoms with Crippen molar-refractivity contribution in [3.8, 4) is 0 Å². The molecule has 0 radical (unpaired) electrons. The van der Waals surface area contributed by atoms with Gasteiger partial charge in [0.2, 0.25) is 5.91 Å². The molecule has 1 N–H and O–H groups in total. The van der Waals surface area contributed by atoms with E-state index >= 15 is 0 Å². The van der Waals surface area contributed by atoms with Crippen molar-refractivity contribution in [3.05, 3.63) is 59.4 Å². The number of benzene rings is 1. The third-order valence-corrected chi connectivity index (χ3v) is 3.97. The molecule has 1 aromatic heterocycles. The van der Waals surface area contributed by atoms with E-state index in [9.17, 15) is 4.79 Å². The number of anilines is 1. The van der Waals surface area contributed by atoms with Gasteiger partial charge in [-0.3, -0.25) is 9.78 Å². The van der Waals surface area contributed by atoms with E-state index in [0.29, 0.717) is 13.2 Å². The average molecular weight is 296 g/mol. The van der Waals surface area contributed by atoms with Crippen LogP contribution in [0.15, 0.2) is 42.6 Å². The predicted octanol–water partition coefficient (Wildman–Crippen LogP) is 2.96. The van der Waals surface area contributed by atoms with Crippen molar-refractivity contribution in [2.75, 3.05) is 18.5 Å². The van der Waals surface area contributed by atoms with Gasteiger partial charge in [-0.2, -0.15) is 0 Å². The molecule has 0 saturated carbocycles. The van der Waals surface area contributed by atoms with Crippen LogP contribution in [0.4, 0.5) is 5.69 Å². The molecule has 0 aliphatic carbocycles. The third-order valence-electron chi connectivity index (χ3n) is 3.97. The van der Waals surface area contributed by atoms with Gasteiger partial charge in [0.1, 0.15) is 0 Å². The maximum Gasteiger partial charge on any atom is 0.229 e. The molecule has 1 amide bonds. The van der Waals surface area contributed by atoms with Crippen molar-refractivity contribution in [1.29, 1.82) is 0 Å². The van der Waals surface area contributed by atoms with Crippen LogP contribution in [0.1, 0.15) is 23.2 Å². The van der Waals surface area contributed by atoms with Gasteiger partial charge in [0, 0.05) is 30.6 Å². The maximum atomic E-state index is 12.2. The molecule has 1 fully saturated rings. The molecular weight excluding hydrogens is 276 g/mol. The van der Waals surface area contributed by atoms with Gasteiger partial charge in [0.05, 0.1) is 12.5 Å². The number of rotatable bonds is 4. The summed E-state index contributed by atoms with van der Waals surface area (Å²) in [5.74, 6) is 0.0226. The summed E-state index contributed by atoms with van der Waals surface area (Å²) in [6.45, 7) is 3.21. The summed E-state index contributed by atoms with van der Waals surface area (Å²) in [6, 6.07) is 12.1. The molecule has 2 aromatic rings. The largest absolute Gasteiger partial charge is 0.381 e. The molecule has 22 heavy (non-hydrogen) atoms. The highest BCUT2D eigenvalue weighted by Crippen LogP contribution is 2.21. The molecule has 2 heterocycles. The number of carbonyl (C=O) groups excluding carboxylic acids is 1. The van der Waals surface area contributed by atoms with Crippen LogP contribution in [0, 0.1) is 12.8 Å². The fourth-order valence-corrected chi connectivity index (χ4v) is 2.60. The normalized spacial score (nSPS) is 17.4. The Morgan fingerprint density at radius 1 is 1.36 bits per heavy atom. The molecule has 0 bridgehead atoms. The van der Waals surface area contributed by atoms with Gasteiger partial charge in [0.25, 0.3) is 0 Å². The van der Waals surface area contributed by atoms with Gasteiger partial charge in [-0.25, -0.2) is 0 Å². The van der Waals surface area contributed by atoms with Crippen LogP contribution in [0.3, 0.4) is 0 Å². The molecule has 4 nitrogen and oxygen atoms in total. The zero-order valence-electron chi connectivity index (χ0n) is 12.7. The molecule has 4 heteroatoms. The highest BCUT2D eigenvalue weighted by molar-refractivity contribution is 5.93. The van der Waals surface area contributed by atoms with Crippen molar-refractivity contribution in [2.24, 2.45) is 5.92 Å². The number of ether oxygens (including phenoxy) is 1. The third kappa shape index (κ3) is 3.52. The second kappa shape index (κ2) is 6.71. The van der Waals surface area contributed by atoms with Crippen molar-refractivity contribution in [3.63, 3.8) is 0 Å². The monoisotopic (exact) mass is 296 g/mol. The van der Waals surface area contributed by atoms with Gasteiger partial charge in [-0.1, -0.05) is 18.2 Å². The SMILES string of the molecule is Cc1ccc(Cc2ccccn2)cc1NC(=O)C1CCOC1. The first kappa shape index (κ1) is 14.7. The summed E-state index contributed by atoms with van der Waals surface area (Å²) >= 11 is 0. The zero-order valence-corrected chi connectivity index (χ0v) is 12.7. The summed E-state index contributed by atoms with van der Waals surface area (Å²) in [7, 11) is 0. The number of nitrogens with one attached hydrogen (secondary N) is 1. The molecule has 1 unspecified atom stereocenters. The minimum Gasteiger partial charge on any atom is -0.381 e. The molecule has 1 saturated heterocycles. The standard InChI is InChI=1S/C18H20N2O2/c1-13-5-6-14(10-16-4-2-3-8-19-16)11-17(13)20-18(21)15-7-9-22-12-15/h2-6,8,11,15H,7,9-10,12H2,1H3,(H,20,21). The second-order valence-corrected chi connectivity index (χ2v) is 5.70. The smallest absolute Gasteiger partial charge is 0.229 e. The van der Waals surface area contributed by atoms with E-state index in [1.807, 2.05) is 37.3 Å². The fourth-order valence-electron chi connectivity index (χ4n) is 2.60. The van der Waals surface area contributed by atoms with Gasteiger partial charge in [0.15, 0.2) is 0 Å². The lowest BCUT2D eigenvalue weighted by Gasteiger charge is -2.13. The van der Waals surface area contributed by atoms with E-state index in [1.54, 1.807) is 6.20 Å². The van der Waals surface area contributed by atoms with E-state index in [1.165, 1.54) is 0 Å². The Labute approximate surface area is 130 Å². The molecule has 114 valence electrons. The summed E-state index contributed by atoms with van der Waals surface area (Å²) < 4.78 is 5.28. The van der Waals surface area contributed by atoms with E-state index < -0.39 is 0 Å². The van der Waals surface area contributed by atoms with Crippen LogP contribution in [0.2, 0.25) is 0 Å². The van der Waals surface area contributed by atoms with Gasteiger partial charge >= 0.3 is 0 Å². The molecule has 0 spiro atoms. The fraction of sp³-hybridized carbons (Fsp3) is 0.333. The highest BCUT2D eigenvalue weighted by Gasteiger charge is 2.23. The van der Waals surface area contributed by atoms with Crippen LogP contribution >= 0.6 is 0 Å². The highest BCUT2D eigenvalue weighted by atomic mass is 16.5. The first-order valence-electron chi connectivity index (χ1n) is 7.60. The Balaban J connectivity index is 1.73. The van der Waals surface area contributed by atoms with E-state index in [2.05, 4.69) is 16.4 Å². The lowest BCUT2D eigenvalue weighted by Crippen LogP contribution is -2.23. The van der Waals surface area contributed by atoms with E-state index in [4.69, 9.17) is 4.74 Å². The number of pyridine rings is 1. The van der Waals surface area contributed by atoms with Gasteiger partial charge in [-0.05, 0) is 42.7 Å². The maximum absolute atomic E-state index is 12.2. The Bertz CT molecular complexity index is 649. The minimum absolute atomic E-state index is 0.0288.